The summed E-state index contributed by atoms with van der Waals surface area (Å²) in [4.78, 5) is 18.7. The van der Waals surface area contributed by atoms with Gasteiger partial charge in [0.25, 0.3) is 5.69 Å². The zero-order valence-corrected chi connectivity index (χ0v) is 15.1. The summed E-state index contributed by atoms with van der Waals surface area (Å²) in [7, 11) is 1.63. The van der Waals surface area contributed by atoms with Gasteiger partial charge in [-0.15, -0.1) is 0 Å². The fourth-order valence-electron chi connectivity index (χ4n) is 3.02. The molecular weight excluding hydrogens is 354 g/mol. The Morgan fingerprint density at radius 2 is 1.50 bits per heavy atom. The minimum atomic E-state index is -0.413. The Morgan fingerprint density at radius 1 is 0.857 bits per heavy atom. The van der Waals surface area contributed by atoms with Gasteiger partial charge in [0.1, 0.15) is 11.6 Å². The van der Waals surface area contributed by atoms with Gasteiger partial charge in [0.15, 0.2) is 0 Å². The topological polar surface area (TPSA) is 81.0 Å². The molecule has 0 atom stereocenters. The SMILES string of the molecule is COc1ccc(-c2[nH]c(-c3ccc([N+](=O)[O-])cc3)nc2-c2ccccc2)cc1. The van der Waals surface area contributed by atoms with Crippen molar-refractivity contribution < 1.29 is 9.66 Å². The summed E-state index contributed by atoms with van der Waals surface area (Å²) in [5.74, 6) is 1.43. The first-order valence-corrected chi connectivity index (χ1v) is 8.70. The second-order valence-electron chi connectivity index (χ2n) is 6.21. The van der Waals surface area contributed by atoms with Crippen LogP contribution in [-0.2, 0) is 0 Å². The molecule has 1 heterocycles. The lowest BCUT2D eigenvalue weighted by molar-refractivity contribution is -0.384. The van der Waals surface area contributed by atoms with Crippen LogP contribution in [0.4, 0.5) is 5.69 Å². The fraction of sp³-hybridized carbons (Fsp3) is 0.0455. The first-order chi connectivity index (χ1) is 13.7. The van der Waals surface area contributed by atoms with Gasteiger partial charge in [-0.2, -0.15) is 0 Å². The lowest BCUT2D eigenvalue weighted by Crippen LogP contribution is -1.88. The summed E-state index contributed by atoms with van der Waals surface area (Å²) in [6.07, 6.45) is 0. The summed E-state index contributed by atoms with van der Waals surface area (Å²) >= 11 is 0. The standard InChI is InChI=1S/C22H17N3O3/c1-28-19-13-9-16(10-14-19)21-20(15-5-3-2-4-6-15)23-22(24-21)17-7-11-18(12-8-17)25(26)27/h2-14H,1H3,(H,23,24). The number of nitro benzene ring substituents is 1. The number of nitrogens with one attached hydrogen (secondary N) is 1. The monoisotopic (exact) mass is 371 g/mol. The minimum absolute atomic E-state index is 0.0500. The first-order valence-electron chi connectivity index (χ1n) is 8.70. The molecule has 0 radical (unpaired) electrons. The van der Waals surface area contributed by atoms with Crippen LogP contribution < -0.4 is 4.74 Å². The van der Waals surface area contributed by atoms with Crippen LogP contribution in [0.25, 0.3) is 33.9 Å². The number of nitrogens with zero attached hydrogens (tertiary/aromatic N) is 2. The van der Waals surface area contributed by atoms with Crippen LogP contribution in [0.1, 0.15) is 0 Å². The molecule has 6 heteroatoms. The fourth-order valence-corrected chi connectivity index (χ4v) is 3.02. The Kier molecular flexibility index (Phi) is 4.60. The highest BCUT2D eigenvalue weighted by Gasteiger charge is 2.16. The van der Waals surface area contributed by atoms with Gasteiger partial charge in [-0.1, -0.05) is 30.3 Å². The number of imidazole rings is 1. The molecule has 0 aliphatic heterocycles. The molecule has 6 nitrogen and oxygen atoms in total. The van der Waals surface area contributed by atoms with E-state index >= 15 is 0 Å². The van der Waals surface area contributed by atoms with Crippen LogP contribution in [-0.4, -0.2) is 22.0 Å². The van der Waals surface area contributed by atoms with Gasteiger partial charge in [0, 0.05) is 28.8 Å². The molecule has 0 aliphatic carbocycles. The number of rotatable bonds is 5. The van der Waals surface area contributed by atoms with Crippen LogP contribution >= 0.6 is 0 Å². The average molecular weight is 371 g/mol. The molecule has 4 aromatic rings. The summed E-state index contributed by atoms with van der Waals surface area (Å²) in [5.41, 5.74) is 4.48. The van der Waals surface area contributed by atoms with E-state index in [0.717, 1.165) is 33.8 Å². The van der Waals surface area contributed by atoms with E-state index < -0.39 is 4.92 Å². The van der Waals surface area contributed by atoms with E-state index in [-0.39, 0.29) is 5.69 Å². The number of H-pyrrole nitrogens is 1. The molecule has 0 bridgehead atoms. The number of aromatic nitrogens is 2. The number of aromatic amines is 1. The van der Waals surface area contributed by atoms with Crippen molar-refractivity contribution >= 4 is 5.69 Å². The first kappa shape index (κ1) is 17.5. The predicted octanol–water partition coefficient (Wildman–Crippen LogP) is 5.33. The van der Waals surface area contributed by atoms with Crippen LogP contribution in [0.15, 0.2) is 78.9 Å². The third kappa shape index (κ3) is 3.35. The molecule has 1 aromatic heterocycles. The molecule has 0 aliphatic rings. The summed E-state index contributed by atoms with van der Waals surface area (Å²) in [6, 6.07) is 24.0. The Labute approximate surface area is 161 Å². The number of nitro groups is 1. The van der Waals surface area contributed by atoms with E-state index in [2.05, 4.69) is 4.98 Å². The Bertz CT molecular complexity index is 1100. The van der Waals surface area contributed by atoms with E-state index in [1.54, 1.807) is 19.2 Å². The average Bonchev–Trinajstić information content (AvgIpc) is 3.20. The van der Waals surface area contributed by atoms with Crippen molar-refractivity contribution in [2.45, 2.75) is 0 Å². The number of benzene rings is 3. The quantitative estimate of drug-likeness (QED) is 0.380. The molecule has 0 fully saturated rings. The normalized spacial score (nSPS) is 10.6. The zero-order valence-electron chi connectivity index (χ0n) is 15.1. The predicted molar refractivity (Wildman–Crippen MR) is 108 cm³/mol. The van der Waals surface area contributed by atoms with E-state index in [1.165, 1.54) is 12.1 Å². The second kappa shape index (κ2) is 7.36. The van der Waals surface area contributed by atoms with E-state index in [9.17, 15) is 10.1 Å². The van der Waals surface area contributed by atoms with Crippen LogP contribution in [0.3, 0.4) is 0 Å². The van der Waals surface area contributed by atoms with Crippen LogP contribution in [0, 0.1) is 10.1 Å². The highest BCUT2D eigenvalue weighted by Crippen LogP contribution is 2.34. The summed E-state index contributed by atoms with van der Waals surface area (Å²) < 4.78 is 5.24. The molecule has 0 saturated heterocycles. The van der Waals surface area contributed by atoms with Crippen molar-refractivity contribution in [2.75, 3.05) is 7.11 Å². The van der Waals surface area contributed by atoms with Gasteiger partial charge in [-0.05, 0) is 36.4 Å². The Morgan fingerprint density at radius 3 is 2.11 bits per heavy atom. The molecule has 1 N–H and O–H groups in total. The maximum atomic E-state index is 10.9. The van der Waals surface area contributed by atoms with Crippen LogP contribution in [0.2, 0.25) is 0 Å². The molecule has 0 spiro atoms. The maximum absolute atomic E-state index is 10.9. The number of ether oxygens (including phenoxy) is 1. The number of methoxy groups -OCH3 is 1. The number of hydrogen-bond acceptors (Lipinski definition) is 4. The molecule has 3 aromatic carbocycles. The number of non-ortho nitro benzene ring substituents is 1. The molecule has 0 saturated carbocycles. The third-order valence-electron chi connectivity index (χ3n) is 4.48. The molecule has 138 valence electrons. The third-order valence-corrected chi connectivity index (χ3v) is 4.48. The lowest BCUT2D eigenvalue weighted by atomic mass is 10.1. The summed E-state index contributed by atoms with van der Waals surface area (Å²) in [5, 5.41) is 10.9. The van der Waals surface area contributed by atoms with Crippen molar-refractivity contribution in [3.05, 3.63) is 89.0 Å². The number of hydrogen-bond donors (Lipinski definition) is 1. The van der Waals surface area contributed by atoms with Gasteiger partial charge in [-0.25, -0.2) is 4.98 Å². The zero-order chi connectivity index (χ0) is 19.5. The minimum Gasteiger partial charge on any atom is -0.497 e. The van der Waals surface area contributed by atoms with Gasteiger partial charge in [0.2, 0.25) is 0 Å². The largest absolute Gasteiger partial charge is 0.497 e. The van der Waals surface area contributed by atoms with Gasteiger partial charge < -0.3 is 9.72 Å². The van der Waals surface area contributed by atoms with Crippen LogP contribution in [0.5, 0.6) is 5.75 Å². The van der Waals surface area contributed by atoms with E-state index in [4.69, 9.17) is 9.72 Å². The van der Waals surface area contributed by atoms with Gasteiger partial charge >= 0.3 is 0 Å². The van der Waals surface area contributed by atoms with Crippen molar-refractivity contribution in [3.8, 4) is 39.7 Å². The van der Waals surface area contributed by atoms with E-state index in [0.29, 0.717) is 5.82 Å². The van der Waals surface area contributed by atoms with Crippen molar-refractivity contribution in [2.24, 2.45) is 0 Å². The lowest BCUT2D eigenvalue weighted by Gasteiger charge is -2.04. The Balaban J connectivity index is 1.83. The molecule has 4 rings (SSSR count). The van der Waals surface area contributed by atoms with E-state index in [1.807, 2.05) is 54.6 Å². The van der Waals surface area contributed by atoms with Crippen molar-refractivity contribution in [3.63, 3.8) is 0 Å². The summed E-state index contributed by atoms with van der Waals surface area (Å²) in [6.45, 7) is 0. The Hall–Kier alpha value is -3.93. The highest BCUT2D eigenvalue weighted by molar-refractivity contribution is 5.81. The maximum Gasteiger partial charge on any atom is 0.269 e. The van der Waals surface area contributed by atoms with Gasteiger partial charge in [0.05, 0.1) is 23.4 Å². The van der Waals surface area contributed by atoms with Gasteiger partial charge in [-0.3, -0.25) is 10.1 Å². The highest BCUT2D eigenvalue weighted by atomic mass is 16.6. The van der Waals surface area contributed by atoms with Crippen molar-refractivity contribution in [1.29, 1.82) is 0 Å². The smallest absolute Gasteiger partial charge is 0.269 e. The molecule has 0 unspecified atom stereocenters. The molecule has 28 heavy (non-hydrogen) atoms. The molecule has 0 amide bonds. The second-order valence-corrected chi connectivity index (χ2v) is 6.21. The molecular formula is C22H17N3O3. The van der Waals surface area contributed by atoms with Crippen molar-refractivity contribution in [1.82, 2.24) is 9.97 Å².